The van der Waals surface area contributed by atoms with Gasteiger partial charge in [-0.25, -0.2) is 4.79 Å². The first-order valence-electron chi connectivity index (χ1n) is 39.5. The Morgan fingerprint density at radius 3 is 1.36 bits per heavy atom. The van der Waals surface area contributed by atoms with Gasteiger partial charge in [-0.05, 0) is 38.5 Å². The second-order valence-corrected chi connectivity index (χ2v) is 28.9. The van der Waals surface area contributed by atoms with Crippen molar-refractivity contribution in [2.75, 3.05) is 26.4 Å². The van der Waals surface area contributed by atoms with Gasteiger partial charge in [0.1, 0.15) is 67.1 Å². The fourth-order valence-corrected chi connectivity index (χ4v) is 13.9. The molecule has 3 rings (SSSR count). The van der Waals surface area contributed by atoms with E-state index in [0.29, 0.717) is 19.3 Å². The molecule has 3 aliphatic heterocycles. The number of carboxylic acids is 1. The highest BCUT2D eigenvalue weighted by Gasteiger charge is 2.60. The van der Waals surface area contributed by atoms with Crippen molar-refractivity contribution >= 4 is 17.8 Å². The van der Waals surface area contributed by atoms with E-state index in [4.69, 9.17) is 28.4 Å². The van der Waals surface area contributed by atoms with Crippen LogP contribution in [0.25, 0.3) is 0 Å². The Bertz CT molecular complexity index is 2030. The summed E-state index contributed by atoms with van der Waals surface area (Å²) in [6.07, 6.45) is 29.2. The molecule has 0 bridgehead atoms. The third kappa shape index (κ3) is 36.8. The number of rotatable bonds is 62. The van der Waals surface area contributed by atoms with Crippen LogP contribution < -0.4 is 10.6 Å². The van der Waals surface area contributed by atoms with Crippen molar-refractivity contribution < 1.29 is 104 Å². The van der Waals surface area contributed by atoms with E-state index in [1.54, 1.807) is 0 Å². The molecule has 23 nitrogen and oxygen atoms in total. The van der Waals surface area contributed by atoms with Gasteiger partial charge in [0, 0.05) is 19.8 Å². The Hall–Kier alpha value is -2.53. The first-order chi connectivity index (χ1) is 47.9. The molecule has 3 fully saturated rings. The molecule has 99 heavy (non-hydrogen) atoms. The van der Waals surface area contributed by atoms with E-state index >= 15 is 0 Å². The van der Waals surface area contributed by atoms with Crippen LogP contribution >= 0.6 is 0 Å². The van der Waals surface area contributed by atoms with E-state index in [1.807, 2.05) is 0 Å². The van der Waals surface area contributed by atoms with E-state index in [1.165, 1.54) is 205 Å². The van der Waals surface area contributed by atoms with Crippen LogP contribution in [0.15, 0.2) is 12.2 Å². The average molecular weight is 1420 g/mol. The fraction of sp³-hybridized carbons (Fsp3) is 0.934. The monoisotopic (exact) mass is 1420 g/mol. The summed E-state index contributed by atoms with van der Waals surface area (Å²) >= 11 is 0. The number of carbonyl (C=O) groups excluding carboxylic acids is 2. The average Bonchev–Trinajstić information content (AvgIpc) is 0.757. The van der Waals surface area contributed by atoms with Crippen LogP contribution in [-0.2, 0) is 42.8 Å². The molecule has 0 aromatic carbocycles. The molecule has 23 heteroatoms. The molecule has 3 aliphatic rings. The number of hydrogen-bond donors (Lipinski definition) is 14. The summed E-state index contributed by atoms with van der Waals surface area (Å²) in [6, 6.07) is -2.53. The van der Waals surface area contributed by atoms with Gasteiger partial charge in [-0.2, -0.15) is 0 Å². The van der Waals surface area contributed by atoms with E-state index in [0.717, 1.165) is 64.7 Å². The Balaban J connectivity index is 1.52. The molecule has 14 N–H and O–H groups in total. The number of allylic oxidation sites excluding steroid dienone is 2. The molecule has 3 heterocycles. The summed E-state index contributed by atoms with van der Waals surface area (Å²) < 4.78 is 35.0. The summed E-state index contributed by atoms with van der Waals surface area (Å²) in [6.45, 7) is 2.25. The van der Waals surface area contributed by atoms with Gasteiger partial charge in [-0.1, -0.05) is 270 Å². The molecule has 0 aromatic heterocycles. The Morgan fingerprint density at radius 2 is 0.939 bits per heavy atom. The Morgan fingerprint density at radius 1 is 0.515 bits per heavy atom. The molecule has 0 aromatic rings. The van der Waals surface area contributed by atoms with Crippen LogP contribution in [0.3, 0.4) is 0 Å². The van der Waals surface area contributed by atoms with Crippen molar-refractivity contribution in [3.8, 4) is 0 Å². The number of aliphatic hydroxyl groups excluding tert-OH is 11. The number of nitrogens with one attached hydrogen (secondary N) is 2. The summed E-state index contributed by atoms with van der Waals surface area (Å²) in [5.41, 5.74) is 0. The van der Waals surface area contributed by atoms with Gasteiger partial charge < -0.3 is 100 Å². The molecule has 0 radical (unpaired) electrons. The largest absolute Gasteiger partial charge is 0.477 e. The van der Waals surface area contributed by atoms with Gasteiger partial charge in [-0.15, -0.1) is 0 Å². The minimum Gasteiger partial charge on any atom is -0.477 e. The number of carbonyl (C=O) groups is 3. The summed E-state index contributed by atoms with van der Waals surface area (Å²) in [5, 5.41) is 136. The zero-order valence-corrected chi connectivity index (χ0v) is 61.4. The molecule has 2 amide bonds. The maximum atomic E-state index is 13.5. The zero-order chi connectivity index (χ0) is 72.5. The van der Waals surface area contributed by atoms with Crippen LogP contribution in [-0.4, -0.2) is 215 Å². The molecular formula is C76H142N2O21. The Kier molecular flexibility index (Phi) is 51.2. The molecule has 18 atom stereocenters. The number of carboxylic acid groups (broad SMARTS) is 1. The predicted molar refractivity (Wildman–Crippen MR) is 380 cm³/mol. The second kappa shape index (κ2) is 55.9. The standard InChI is InChI=1S/C76H142N2O21/c1-4-6-8-10-12-14-16-18-20-22-24-25-26-27-28-29-30-32-34-36-38-40-42-44-46-48-50-63(86)78-57(58(83)49-47-45-43-41-39-37-35-33-31-23-21-19-17-15-13-11-9-7-5-2)55-94-73-68(90)67(89)70(62(54-81)96-73)97-74-69(91)72(66(88)61(53-80)95-74)99-76(75(92)93)51-59(84)64(77-56(3)82)71(98-76)65(87)60(85)52-79/h27-28,57-62,64-74,79-81,83-85,87-91H,4-26,29-55H2,1-3H3,(H,77,82)(H,78,86)(H,92,93)/b28-27-. The predicted octanol–water partition coefficient (Wildman–Crippen LogP) is 9.80. The summed E-state index contributed by atoms with van der Waals surface area (Å²) in [7, 11) is 0. The van der Waals surface area contributed by atoms with E-state index in [2.05, 4.69) is 36.6 Å². The van der Waals surface area contributed by atoms with Crippen LogP contribution in [0, 0.1) is 0 Å². The quantitative estimate of drug-likeness (QED) is 0.0199. The van der Waals surface area contributed by atoms with E-state index < -0.39 is 148 Å². The van der Waals surface area contributed by atoms with E-state index in [-0.39, 0.29) is 18.9 Å². The lowest BCUT2D eigenvalue weighted by molar-refractivity contribution is -0.386. The normalized spacial score (nSPS) is 27.1. The highest BCUT2D eigenvalue weighted by molar-refractivity contribution is 5.77. The van der Waals surface area contributed by atoms with Gasteiger partial charge in [0.25, 0.3) is 5.79 Å². The van der Waals surface area contributed by atoms with Gasteiger partial charge >= 0.3 is 5.97 Å². The summed E-state index contributed by atoms with van der Waals surface area (Å²) in [5.74, 6) is -6.09. The molecule has 0 saturated carbocycles. The van der Waals surface area contributed by atoms with Crippen molar-refractivity contribution in [3.05, 3.63) is 12.2 Å². The second-order valence-electron chi connectivity index (χ2n) is 28.9. The Labute approximate surface area is 594 Å². The van der Waals surface area contributed by atoms with Crippen LogP contribution in [0.1, 0.15) is 316 Å². The fourth-order valence-electron chi connectivity index (χ4n) is 13.9. The van der Waals surface area contributed by atoms with Gasteiger partial charge in [-0.3, -0.25) is 9.59 Å². The van der Waals surface area contributed by atoms with Crippen molar-refractivity contribution in [2.24, 2.45) is 0 Å². The number of hydrogen-bond acceptors (Lipinski definition) is 20. The maximum absolute atomic E-state index is 13.5. The first kappa shape index (κ1) is 90.7. The molecular weight excluding hydrogens is 1280 g/mol. The third-order valence-corrected chi connectivity index (χ3v) is 20.2. The minimum atomic E-state index is -3.08. The van der Waals surface area contributed by atoms with Crippen molar-refractivity contribution in [2.45, 2.75) is 426 Å². The van der Waals surface area contributed by atoms with Crippen LogP contribution in [0.5, 0.6) is 0 Å². The number of unbranched alkanes of at least 4 members (excludes halogenated alkanes) is 40. The lowest BCUT2D eigenvalue weighted by Gasteiger charge is -2.50. The van der Waals surface area contributed by atoms with Crippen molar-refractivity contribution in [3.63, 3.8) is 0 Å². The smallest absolute Gasteiger partial charge is 0.364 e. The number of amides is 2. The number of aliphatic hydroxyl groups is 11. The highest BCUT2D eigenvalue weighted by Crippen LogP contribution is 2.39. The summed E-state index contributed by atoms with van der Waals surface area (Å²) in [4.78, 5) is 38.7. The first-order valence-corrected chi connectivity index (χ1v) is 39.5. The SMILES string of the molecule is CCCCCCCCCCCCCC/C=C\CCCCCCCCCCCCC(=O)NC(COC1OC(CO)C(OC2OC(CO)C(O)C(OC3(C(=O)O)CC(O)C(NC(C)=O)C(C(O)C(O)CO)O3)C2O)C(O)C1O)C(O)CCCCCCCCCCCCCCCCCCCCC. The van der Waals surface area contributed by atoms with Crippen molar-refractivity contribution in [1.29, 1.82) is 0 Å². The van der Waals surface area contributed by atoms with Gasteiger partial charge in [0.05, 0.1) is 50.7 Å². The number of aliphatic carboxylic acids is 1. The number of ether oxygens (including phenoxy) is 6. The van der Waals surface area contributed by atoms with Crippen LogP contribution in [0.2, 0.25) is 0 Å². The molecule has 0 spiro atoms. The highest BCUT2D eigenvalue weighted by atomic mass is 16.8. The zero-order valence-electron chi connectivity index (χ0n) is 61.4. The van der Waals surface area contributed by atoms with Crippen LogP contribution in [0.4, 0.5) is 0 Å². The molecule has 18 unspecified atom stereocenters. The molecule has 3 saturated heterocycles. The third-order valence-electron chi connectivity index (χ3n) is 20.2. The lowest BCUT2D eigenvalue weighted by atomic mass is 9.88. The van der Waals surface area contributed by atoms with Gasteiger partial charge in [0.2, 0.25) is 11.8 Å². The topological polar surface area (TPSA) is 373 Å². The minimum absolute atomic E-state index is 0.224. The van der Waals surface area contributed by atoms with Crippen molar-refractivity contribution in [1.82, 2.24) is 10.6 Å². The van der Waals surface area contributed by atoms with Gasteiger partial charge in [0.15, 0.2) is 12.6 Å². The lowest BCUT2D eigenvalue weighted by Crippen LogP contribution is -2.70. The molecule has 0 aliphatic carbocycles. The maximum Gasteiger partial charge on any atom is 0.364 e. The molecule has 582 valence electrons. The van der Waals surface area contributed by atoms with E-state index in [9.17, 15) is 75.7 Å².